The number of hydrogen-bond donors (Lipinski definition) is 1. The lowest BCUT2D eigenvalue weighted by molar-refractivity contribution is -0.169. The van der Waals surface area contributed by atoms with Gasteiger partial charge in [-0.2, -0.15) is 0 Å². The molecular weight excluding hydrogens is 340 g/mol. The number of piperidine rings is 1. The molecule has 4 rings (SSSR count). The normalized spacial score (nSPS) is 18.8. The summed E-state index contributed by atoms with van der Waals surface area (Å²) in [5.41, 5.74) is 1.04. The highest BCUT2D eigenvalue weighted by Gasteiger charge is 2.40. The average Bonchev–Trinajstić information content (AvgIpc) is 3.17. The molecule has 1 aromatic carbocycles. The van der Waals surface area contributed by atoms with E-state index in [9.17, 15) is 0 Å². The Morgan fingerprint density at radius 3 is 2.52 bits per heavy atom. The Hall–Kier alpha value is -2.18. The molecule has 1 N–H and O–H groups in total. The first-order valence-corrected chi connectivity index (χ1v) is 9.99. The number of hydrogen-bond acceptors (Lipinski definition) is 6. The SMILES string of the molecule is CCCCNc1cc(N2CCC3(CC2)OCCO3)nc(-c2ccccc2)n1. The minimum absolute atomic E-state index is 0.367. The second kappa shape index (κ2) is 8.23. The first-order valence-electron chi connectivity index (χ1n) is 9.99. The van der Waals surface area contributed by atoms with Crippen molar-refractivity contribution in [3.05, 3.63) is 36.4 Å². The molecule has 1 spiro atoms. The summed E-state index contributed by atoms with van der Waals surface area (Å²) in [5.74, 6) is 2.26. The molecule has 0 unspecified atom stereocenters. The molecule has 2 aliphatic rings. The van der Waals surface area contributed by atoms with Gasteiger partial charge in [0, 0.05) is 44.1 Å². The number of rotatable bonds is 6. The van der Waals surface area contributed by atoms with E-state index in [0.717, 1.165) is 68.3 Å². The van der Waals surface area contributed by atoms with Gasteiger partial charge in [-0.25, -0.2) is 9.97 Å². The molecule has 0 radical (unpaired) electrons. The Bertz CT molecular complexity index is 737. The van der Waals surface area contributed by atoms with Crippen LogP contribution in [0.3, 0.4) is 0 Å². The zero-order valence-electron chi connectivity index (χ0n) is 16.0. The van der Waals surface area contributed by atoms with Crippen LogP contribution in [0.15, 0.2) is 36.4 Å². The third-order valence-electron chi connectivity index (χ3n) is 5.24. The maximum atomic E-state index is 5.85. The van der Waals surface area contributed by atoms with Crippen molar-refractivity contribution in [2.45, 2.75) is 38.4 Å². The Morgan fingerprint density at radius 1 is 1.07 bits per heavy atom. The molecule has 6 nitrogen and oxygen atoms in total. The molecular formula is C21H28N4O2. The van der Waals surface area contributed by atoms with Crippen molar-refractivity contribution < 1.29 is 9.47 Å². The molecule has 0 bridgehead atoms. The number of ether oxygens (including phenoxy) is 2. The fourth-order valence-corrected chi connectivity index (χ4v) is 3.66. The van der Waals surface area contributed by atoms with E-state index in [-0.39, 0.29) is 5.79 Å². The summed E-state index contributed by atoms with van der Waals surface area (Å²) in [7, 11) is 0. The van der Waals surface area contributed by atoms with Crippen LogP contribution < -0.4 is 10.2 Å². The highest BCUT2D eigenvalue weighted by molar-refractivity contribution is 5.61. The summed E-state index contributed by atoms with van der Waals surface area (Å²) in [5, 5.41) is 3.46. The molecule has 0 saturated carbocycles. The summed E-state index contributed by atoms with van der Waals surface area (Å²) < 4.78 is 11.7. The molecule has 2 saturated heterocycles. The van der Waals surface area contributed by atoms with E-state index in [1.165, 1.54) is 0 Å². The van der Waals surface area contributed by atoms with Crippen molar-refractivity contribution in [3.8, 4) is 11.4 Å². The third kappa shape index (κ3) is 4.22. The maximum absolute atomic E-state index is 5.85. The standard InChI is InChI=1S/C21H28N4O2/c1-2-3-11-22-18-16-19(24-20(23-18)17-7-5-4-6-8-17)25-12-9-21(10-13-25)26-14-15-27-21/h4-8,16H,2-3,9-15H2,1H3,(H,22,23,24). The zero-order chi connectivity index (χ0) is 18.5. The van der Waals surface area contributed by atoms with Gasteiger partial charge in [0.1, 0.15) is 11.6 Å². The number of nitrogens with one attached hydrogen (secondary N) is 1. The van der Waals surface area contributed by atoms with Gasteiger partial charge in [-0.3, -0.25) is 0 Å². The topological polar surface area (TPSA) is 59.5 Å². The van der Waals surface area contributed by atoms with Gasteiger partial charge in [-0.1, -0.05) is 43.7 Å². The Kier molecular flexibility index (Phi) is 5.55. The summed E-state index contributed by atoms with van der Waals surface area (Å²) in [4.78, 5) is 11.9. The van der Waals surface area contributed by atoms with Crippen LogP contribution in [0.5, 0.6) is 0 Å². The first kappa shape index (κ1) is 18.2. The van der Waals surface area contributed by atoms with E-state index in [4.69, 9.17) is 19.4 Å². The second-order valence-corrected chi connectivity index (χ2v) is 7.18. The largest absolute Gasteiger partial charge is 0.370 e. The highest BCUT2D eigenvalue weighted by Crippen LogP contribution is 2.33. The van der Waals surface area contributed by atoms with E-state index >= 15 is 0 Å². The average molecular weight is 368 g/mol. The zero-order valence-corrected chi connectivity index (χ0v) is 16.0. The number of benzene rings is 1. The van der Waals surface area contributed by atoms with Gasteiger partial charge >= 0.3 is 0 Å². The first-order chi connectivity index (χ1) is 13.3. The van der Waals surface area contributed by atoms with Gasteiger partial charge in [0.2, 0.25) is 0 Å². The van der Waals surface area contributed by atoms with Gasteiger partial charge in [-0.05, 0) is 6.42 Å². The molecule has 2 aromatic rings. The molecule has 6 heteroatoms. The molecule has 0 aliphatic carbocycles. The highest BCUT2D eigenvalue weighted by atomic mass is 16.7. The number of aromatic nitrogens is 2. The van der Waals surface area contributed by atoms with Crippen LogP contribution in [0, 0.1) is 0 Å². The van der Waals surface area contributed by atoms with Gasteiger partial charge in [0.05, 0.1) is 13.2 Å². The molecule has 1 aromatic heterocycles. The molecule has 3 heterocycles. The minimum Gasteiger partial charge on any atom is -0.370 e. The third-order valence-corrected chi connectivity index (χ3v) is 5.24. The smallest absolute Gasteiger partial charge is 0.171 e. The van der Waals surface area contributed by atoms with E-state index < -0.39 is 0 Å². The number of anilines is 2. The Labute approximate surface area is 160 Å². The fraction of sp³-hybridized carbons (Fsp3) is 0.524. The van der Waals surface area contributed by atoms with Crippen LogP contribution in [0.4, 0.5) is 11.6 Å². The van der Waals surface area contributed by atoms with Crippen LogP contribution in [0.1, 0.15) is 32.6 Å². The van der Waals surface area contributed by atoms with Crippen molar-refractivity contribution in [3.63, 3.8) is 0 Å². The van der Waals surface area contributed by atoms with Gasteiger partial charge in [0.25, 0.3) is 0 Å². The Morgan fingerprint density at radius 2 is 1.81 bits per heavy atom. The fourth-order valence-electron chi connectivity index (χ4n) is 3.66. The predicted octanol–water partition coefficient (Wildman–Crippen LogP) is 3.70. The van der Waals surface area contributed by atoms with Crippen LogP contribution in [-0.4, -0.2) is 48.6 Å². The number of nitrogens with zero attached hydrogens (tertiary/aromatic N) is 3. The molecule has 2 aliphatic heterocycles. The summed E-state index contributed by atoms with van der Waals surface area (Å²) in [6, 6.07) is 12.2. The van der Waals surface area contributed by atoms with Gasteiger partial charge in [-0.15, -0.1) is 0 Å². The van der Waals surface area contributed by atoms with E-state index in [2.05, 4.69) is 35.3 Å². The molecule has 0 atom stereocenters. The molecule has 2 fully saturated rings. The lowest BCUT2D eigenvalue weighted by atomic mass is 10.0. The van der Waals surface area contributed by atoms with E-state index in [1.54, 1.807) is 0 Å². The summed E-state index contributed by atoms with van der Waals surface area (Å²) in [6.07, 6.45) is 4.03. The summed E-state index contributed by atoms with van der Waals surface area (Å²) in [6.45, 7) is 6.28. The van der Waals surface area contributed by atoms with Crippen molar-refractivity contribution >= 4 is 11.6 Å². The van der Waals surface area contributed by atoms with Crippen molar-refractivity contribution in [1.29, 1.82) is 0 Å². The molecule has 0 amide bonds. The lowest BCUT2D eigenvalue weighted by Crippen LogP contribution is -2.45. The number of unbranched alkanes of at least 4 members (excludes halogenated alkanes) is 1. The maximum Gasteiger partial charge on any atom is 0.171 e. The van der Waals surface area contributed by atoms with Crippen molar-refractivity contribution in [2.75, 3.05) is 43.1 Å². The molecule has 27 heavy (non-hydrogen) atoms. The van der Waals surface area contributed by atoms with Crippen molar-refractivity contribution in [1.82, 2.24) is 9.97 Å². The predicted molar refractivity (Wildman–Crippen MR) is 107 cm³/mol. The van der Waals surface area contributed by atoms with Crippen LogP contribution >= 0.6 is 0 Å². The minimum atomic E-state index is -0.367. The van der Waals surface area contributed by atoms with Gasteiger partial charge in [0.15, 0.2) is 11.6 Å². The summed E-state index contributed by atoms with van der Waals surface area (Å²) >= 11 is 0. The van der Waals surface area contributed by atoms with Crippen LogP contribution in [0.2, 0.25) is 0 Å². The monoisotopic (exact) mass is 368 g/mol. The lowest BCUT2D eigenvalue weighted by Gasteiger charge is -2.38. The van der Waals surface area contributed by atoms with Crippen LogP contribution in [-0.2, 0) is 9.47 Å². The quantitative estimate of drug-likeness (QED) is 0.785. The van der Waals surface area contributed by atoms with Crippen LogP contribution in [0.25, 0.3) is 11.4 Å². The van der Waals surface area contributed by atoms with Gasteiger partial charge < -0.3 is 19.7 Å². The molecule has 144 valence electrons. The van der Waals surface area contributed by atoms with E-state index in [0.29, 0.717) is 13.2 Å². The van der Waals surface area contributed by atoms with E-state index in [1.807, 2.05) is 18.2 Å². The Balaban J connectivity index is 1.56. The van der Waals surface area contributed by atoms with Crippen molar-refractivity contribution in [2.24, 2.45) is 0 Å². The second-order valence-electron chi connectivity index (χ2n) is 7.18.